The lowest BCUT2D eigenvalue weighted by atomic mass is 9.71. The van der Waals surface area contributed by atoms with Gasteiger partial charge in [0.15, 0.2) is 0 Å². The molecule has 0 unspecified atom stereocenters. The molecule has 176 valence electrons. The van der Waals surface area contributed by atoms with Crippen molar-refractivity contribution in [1.82, 2.24) is 0 Å². The van der Waals surface area contributed by atoms with Gasteiger partial charge in [-0.05, 0) is 0 Å². The normalized spacial score (nSPS) is 24.5. The Balaban J connectivity index is 3.51. The summed E-state index contributed by atoms with van der Waals surface area (Å²) in [5.41, 5.74) is -2.67. The molecule has 0 aromatic heterocycles. The van der Waals surface area contributed by atoms with Crippen molar-refractivity contribution in [3.8, 4) is 0 Å². The van der Waals surface area contributed by atoms with Crippen LogP contribution in [0.2, 0.25) is 0 Å². The Morgan fingerprint density at radius 3 is 1.61 bits per heavy atom. The van der Waals surface area contributed by atoms with E-state index in [2.05, 4.69) is 0 Å². The van der Waals surface area contributed by atoms with Gasteiger partial charge in [-0.1, -0.05) is 11.6 Å². The molecule has 0 aromatic carbocycles. The lowest BCUT2D eigenvalue weighted by Crippen LogP contribution is -2.65. The molecular formula is C19H27ClO11. The van der Waals surface area contributed by atoms with Crippen molar-refractivity contribution in [3.63, 3.8) is 0 Å². The van der Waals surface area contributed by atoms with Crippen molar-refractivity contribution < 1.29 is 52.4 Å². The summed E-state index contributed by atoms with van der Waals surface area (Å²) in [6.07, 6.45) is -2.30. The van der Waals surface area contributed by atoms with E-state index >= 15 is 0 Å². The van der Waals surface area contributed by atoms with Crippen LogP contribution in [-0.4, -0.2) is 74.0 Å². The number of esters is 5. The number of halogens is 1. The Morgan fingerprint density at radius 1 is 0.742 bits per heavy atom. The minimum absolute atomic E-state index is 0.302. The van der Waals surface area contributed by atoms with Crippen LogP contribution in [0.25, 0.3) is 0 Å². The topological polar surface area (TPSA) is 141 Å². The van der Waals surface area contributed by atoms with Crippen molar-refractivity contribution in [3.05, 3.63) is 0 Å². The fourth-order valence-corrected chi connectivity index (χ4v) is 3.49. The highest BCUT2D eigenvalue weighted by atomic mass is 35.5. The fraction of sp³-hybridized carbons (Fsp3) is 0.737. The molecule has 0 aromatic rings. The molecule has 0 radical (unpaired) electrons. The van der Waals surface area contributed by atoms with Crippen molar-refractivity contribution in [2.75, 3.05) is 26.4 Å². The minimum Gasteiger partial charge on any atom is -0.465 e. The number of hydrogen-bond donors (Lipinski definition) is 0. The quantitative estimate of drug-likeness (QED) is 0.270. The predicted molar refractivity (Wildman–Crippen MR) is 103 cm³/mol. The number of hydrogen-bond acceptors (Lipinski definition) is 11. The van der Waals surface area contributed by atoms with E-state index in [0.717, 1.165) is 20.8 Å². The highest BCUT2D eigenvalue weighted by Crippen LogP contribution is 2.44. The average molecular weight is 467 g/mol. The van der Waals surface area contributed by atoms with Gasteiger partial charge in [0.2, 0.25) is 0 Å². The van der Waals surface area contributed by atoms with Gasteiger partial charge < -0.3 is 28.4 Å². The molecule has 0 spiro atoms. The van der Waals surface area contributed by atoms with E-state index in [9.17, 15) is 24.0 Å². The van der Waals surface area contributed by atoms with E-state index in [4.69, 9.17) is 40.0 Å². The van der Waals surface area contributed by atoms with Gasteiger partial charge in [0.1, 0.15) is 49.6 Å². The van der Waals surface area contributed by atoms with Crippen molar-refractivity contribution in [2.45, 2.75) is 52.4 Å². The fourth-order valence-electron chi connectivity index (χ4n) is 3.16. The first kappa shape index (κ1) is 26.6. The zero-order chi connectivity index (χ0) is 23.8. The second-order valence-corrected chi connectivity index (χ2v) is 7.50. The molecular weight excluding hydrogens is 440 g/mol. The summed E-state index contributed by atoms with van der Waals surface area (Å²) < 4.78 is 31.8. The summed E-state index contributed by atoms with van der Waals surface area (Å²) in [6.45, 7) is 4.29. The maximum Gasteiger partial charge on any atom is 0.302 e. The zero-order valence-corrected chi connectivity index (χ0v) is 18.8. The first-order chi connectivity index (χ1) is 14.4. The molecule has 11 nitrogen and oxygen atoms in total. The molecule has 1 aliphatic heterocycles. The summed E-state index contributed by atoms with van der Waals surface area (Å²) >= 11 is 6.35. The summed E-state index contributed by atoms with van der Waals surface area (Å²) in [5, 5.41) is 0. The molecule has 0 bridgehead atoms. The molecule has 0 amide bonds. The maximum atomic E-state index is 11.9. The molecule has 12 heteroatoms. The number of ether oxygens (including phenoxy) is 6. The van der Waals surface area contributed by atoms with Gasteiger partial charge in [-0.15, -0.1) is 0 Å². The van der Waals surface area contributed by atoms with Crippen LogP contribution in [0.3, 0.4) is 0 Å². The van der Waals surface area contributed by atoms with E-state index < -0.39 is 72.2 Å². The SMILES string of the molecule is CC(=O)OC[C@H]1[C@@H](OC(C)=O)C(COC(C)=O)(COC(C)=O)[C@H](COC(C)=O)O[C@@H]1Cl. The number of carbonyl (C=O) groups is 5. The Labute approximate surface area is 184 Å². The van der Waals surface area contributed by atoms with Crippen LogP contribution < -0.4 is 0 Å². The van der Waals surface area contributed by atoms with Crippen LogP contribution in [0.15, 0.2) is 0 Å². The Bertz CT molecular complexity index is 674. The summed E-state index contributed by atoms with van der Waals surface area (Å²) in [5.74, 6) is -4.22. The lowest BCUT2D eigenvalue weighted by molar-refractivity contribution is -0.252. The highest BCUT2D eigenvalue weighted by molar-refractivity contribution is 6.20. The van der Waals surface area contributed by atoms with Gasteiger partial charge in [0, 0.05) is 34.6 Å². The van der Waals surface area contributed by atoms with E-state index in [1.807, 2.05) is 0 Å². The smallest absolute Gasteiger partial charge is 0.302 e. The second-order valence-electron chi connectivity index (χ2n) is 7.07. The average Bonchev–Trinajstić information content (AvgIpc) is 2.63. The molecule has 1 aliphatic rings. The summed E-state index contributed by atoms with van der Waals surface area (Å²) in [6, 6.07) is 0. The maximum absolute atomic E-state index is 11.9. The first-order valence-electron chi connectivity index (χ1n) is 9.39. The molecule has 4 atom stereocenters. The molecule has 1 fully saturated rings. The van der Waals surface area contributed by atoms with Crippen LogP contribution in [0.4, 0.5) is 0 Å². The van der Waals surface area contributed by atoms with Crippen LogP contribution in [-0.2, 0) is 52.4 Å². The van der Waals surface area contributed by atoms with E-state index in [1.165, 1.54) is 13.8 Å². The largest absolute Gasteiger partial charge is 0.465 e. The number of carbonyl (C=O) groups excluding carboxylic acids is 5. The van der Waals surface area contributed by atoms with Gasteiger partial charge in [0.25, 0.3) is 0 Å². The Hall–Kier alpha value is -2.40. The summed E-state index contributed by atoms with van der Waals surface area (Å²) in [4.78, 5) is 57.8. The van der Waals surface area contributed by atoms with Crippen molar-refractivity contribution in [2.24, 2.45) is 11.3 Å². The highest BCUT2D eigenvalue weighted by Gasteiger charge is 2.60. The molecule has 1 heterocycles. The van der Waals surface area contributed by atoms with Crippen LogP contribution >= 0.6 is 11.6 Å². The molecule has 0 aliphatic carbocycles. The lowest BCUT2D eigenvalue weighted by Gasteiger charge is -2.51. The third kappa shape index (κ3) is 7.98. The van der Waals surface area contributed by atoms with E-state index in [0.29, 0.717) is 0 Å². The van der Waals surface area contributed by atoms with Gasteiger partial charge in [-0.3, -0.25) is 24.0 Å². The van der Waals surface area contributed by atoms with Crippen molar-refractivity contribution in [1.29, 1.82) is 0 Å². The Morgan fingerprint density at radius 2 is 1.19 bits per heavy atom. The second kappa shape index (κ2) is 11.8. The number of rotatable bonds is 9. The summed E-state index contributed by atoms with van der Waals surface area (Å²) in [7, 11) is 0. The predicted octanol–water partition coefficient (Wildman–Crippen LogP) is 0.737. The number of alkyl halides is 1. The van der Waals surface area contributed by atoms with Gasteiger partial charge in [0.05, 0.1) is 5.92 Å². The van der Waals surface area contributed by atoms with Crippen LogP contribution in [0.5, 0.6) is 0 Å². The van der Waals surface area contributed by atoms with Gasteiger partial charge in [-0.2, -0.15) is 0 Å². The van der Waals surface area contributed by atoms with Gasteiger partial charge >= 0.3 is 29.8 Å². The molecule has 0 N–H and O–H groups in total. The van der Waals surface area contributed by atoms with Crippen LogP contribution in [0, 0.1) is 11.3 Å². The molecule has 1 saturated heterocycles. The first-order valence-corrected chi connectivity index (χ1v) is 9.83. The molecule has 31 heavy (non-hydrogen) atoms. The zero-order valence-electron chi connectivity index (χ0n) is 18.0. The monoisotopic (exact) mass is 466 g/mol. The standard InChI is InChI=1S/C19H27ClO11/c1-10(21)26-6-15-17(30-14(5)25)19(8-28-12(3)23,9-29-13(4)24)16(31-18(15)20)7-27-11(2)22/h15-18H,6-9H2,1-5H3/t15-,16-,17+,18-/m0/s1. The van der Waals surface area contributed by atoms with Crippen LogP contribution in [0.1, 0.15) is 34.6 Å². The van der Waals surface area contributed by atoms with Crippen molar-refractivity contribution >= 4 is 41.4 Å². The Kier molecular flexibility index (Phi) is 10.2. The van der Waals surface area contributed by atoms with E-state index in [1.54, 1.807) is 0 Å². The molecule has 0 saturated carbocycles. The minimum atomic E-state index is -1.52. The molecule has 1 rings (SSSR count). The third-order valence-electron chi connectivity index (χ3n) is 4.53. The van der Waals surface area contributed by atoms with Gasteiger partial charge in [-0.25, -0.2) is 0 Å². The third-order valence-corrected chi connectivity index (χ3v) is 4.95. The van der Waals surface area contributed by atoms with E-state index in [-0.39, 0.29) is 13.2 Å².